The maximum absolute atomic E-state index is 13.7. The number of rotatable bonds is 10. The fraction of sp³-hybridized carbons (Fsp3) is 0.367. The van der Waals surface area contributed by atoms with Crippen molar-refractivity contribution in [1.29, 1.82) is 5.41 Å². The van der Waals surface area contributed by atoms with Crippen molar-refractivity contribution in [2.45, 2.75) is 24.5 Å². The van der Waals surface area contributed by atoms with Gasteiger partial charge in [-0.15, -0.1) is 0 Å². The van der Waals surface area contributed by atoms with Crippen molar-refractivity contribution in [2.24, 2.45) is 17.6 Å². The highest BCUT2D eigenvalue weighted by atomic mass is 32.2. The van der Waals surface area contributed by atoms with Crippen LogP contribution in [0.5, 0.6) is 0 Å². The second kappa shape index (κ2) is 12.8. The van der Waals surface area contributed by atoms with Gasteiger partial charge in [-0.25, -0.2) is 18.2 Å². The van der Waals surface area contributed by atoms with Crippen LogP contribution in [0.3, 0.4) is 0 Å². The smallest absolute Gasteiger partial charge is 0.324 e. The lowest BCUT2D eigenvalue weighted by atomic mass is 9.96. The molecule has 41 heavy (non-hydrogen) atoms. The standard InChI is InChI=1S/C30H36N6O4S/c31-29(32)26-9-6-10-27(17-26)36-20-25(22-40-21-24-7-2-1-3-8-24)19-34(30(36)37)18-23-12-15-35(16-13-23)41(38,39)28-11-4-5-14-33-28/h1-11,14,17,23,25H,12-13,15-16,18-22H2,(H3,31,32). The molecule has 1 unspecified atom stereocenters. The zero-order valence-electron chi connectivity index (χ0n) is 22.9. The highest BCUT2D eigenvalue weighted by Gasteiger charge is 2.36. The molecule has 2 aliphatic rings. The Morgan fingerprint density at radius 2 is 1.73 bits per heavy atom. The zero-order valence-corrected chi connectivity index (χ0v) is 23.7. The Kier molecular flexibility index (Phi) is 8.96. The molecule has 3 heterocycles. The summed E-state index contributed by atoms with van der Waals surface area (Å²) in [6.45, 7) is 3.35. The van der Waals surface area contributed by atoms with E-state index in [9.17, 15) is 13.2 Å². The van der Waals surface area contributed by atoms with E-state index < -0.39 is 10.0 Å². The summed E-state index contributed by atoms with van der Waals surface area (Å²) in [6.07, 6.45) is 2.80. The van der Waals surface area contributed by atoms with Gasteiger partial charge in [-0.05, 0) is 48.6 Å². The number of sulfonamides is 1. The van der Waals surface area contributed by atoms with Gasteiger partial charge >= 0.3 is 6.03 Å². The summed E-state index contributed by atoms with van der Waals surface area (Å²) >= 11 is 0. The molecule has 10 nitrogen and oxygen atoms in total. The number of aromatic nitrogens is 1. The molecule has 216 valence electrons. The molecule has 0 bridgehead atoms. The van der Waals surface area contributed by atoms with Crippen LogP contribution in [0.1, 0.15) is 24.0 Å². The molecule has 0 aliphatic carbocycles. The molecule has 0 spiro atoms. The van der Waals surface area contributed by atoms with E-state index in [2.05, 4.69) is 4.98 Å². The van der Waals surface area contributed by atoms with Gasteiger partial charge in [0.05, 0.1) is 13.2 Å². The Morgan fingerprint density at radius 3 is 2.44 bits per heavy atom. The van der Waals surface area contributed by atoms with Gasteiger partial charge in [-0.1, -0.05) is 48.5 Å². The molecule has 5 rings (SSSR count). The monoisotopic (exact) mass is 576 g/mol. The van der Waals surface area contributed by atoms with Crippen molar-refractivity contribution in [3.05, 3.63) is 90.1 Å². The first kappa shape index (κ1) is 28.7. The van der Waals surface area contributed by atoms with Crippen LogP contribution < -0.4 is 10.6 Å². The summed E-state index contributed by atoms with van der Waals surface area (Å²) in [7, 11) is -3.64. The van der Waals surface area contributed by atoms with Gasteiger partial charge in [0.15, 0.2) is 5.03 Å². The van der Waals surface area contributed by atoms with E-state index in [0.29, 0.717) is 70.0 Å². The lowest BCUT2D eigenvalue weighted by Gasteiger charge is -2.42. The summed E-state index contributed by atoms with van der Waals surface area (Å²) in [4.78, 5) is 21.4. The summed E-state index contributed by atoms with van der Waals surface area (Å²) in [5, 5.41) is 7.89. The van der Waals surface area contributed by atoms with E-state index >= 15 is 0 Å². The SMILES string of the molecule is N=C(N)c1cccc(N2CC(COCc3ccccc3)CN(CC3CCN(S(=O)(=O)c4ccccn4)CC3)C2=O)c1. The average Bonchev–Trinajstić information content (AvgIpc) is 3.00. The van der Waals surface area contributed by atoms with Gasteiger partial charge in [-0.2, -0.15) is 4.31 Å². The molecule has 2 amide bonds. The minimum absolute atomic E-state index is 0.0525. The van der Waals surface area contributed by atoms with Gasteiger partial charge in [0.25, 0.3) is 10.0 Å². The Morgan fingerprint density at radius 1 is 0.976 bits per heavy atom. The molecule has 1 atom stereocenters. The number of carbonyl (C=O) groups is 1. The van der Waals surface area contributed by atoms with Crippen LogP contribution in [0.2, 0.25) is 0 Å². The molecule has 11 heteroatoms. The average molecular weight is 577 g/mol. The highest BCUT2D eigenvalue weighted by Crippen LogP contribution is 2.28. The third-order valence-electron chi connectivity index (χ3n) is 7.65. The van der Waals surface area contributed by atoms with Crippen molar-refractivity contribution in [3.8, 4) is 0 Å². The fourth-order valence-corrected chi connectivity index (χ4v) is 6.86. The number of nitrogens with one attached hydrogen (secondary N) is 1. The topological polar surface area (TPSA) is 133 Å². The van der Waals surface area contributed by atoms with Crippen molar-refractivity contribution in [1.82, 2.24) is 14.2 Å². The number of carbonyl (C=O) groups excluding carboxylic acids is 1. The van der Waals surface area contributed by atoms with E-state index in [1.165, 1.54) is 16.6 Å². The van der Waals surface area contributed by atoms with Gasteiger partial charge in [0.1, 0.15) is 5.84 Å². The minimum Gasteiger partial charge on any atom is -0.384 e. The number of benzene rings is 2. The molecule has 2 aliphatic heterocycles. The van der Waals surface area contributed by atoms with Gasteiger partial charge in [-0.3, -0.25) is 10.3 Å². The lowest BCUT2D eigenvalue weighted by molar-refractivity contribution is 0.0661. The molecule has 0 radical (unpaired) electrons. The van der Waals surface area contributed by atoms with Crippen LogP contribution in [-0.4, -0.2) is 73.8 Å². The van der Waals surface area contributed by atoms with Crippen LogP contribution in [-0.2, 0) is 21.4 Å². The molecule has 1 aromatic heterocycles. The number of nitrogens with zero attached hydrogens (tertiary/aromatic N) is 4. The third kappa shape index (κ3) is 6.92. The van der Waals surface area contributed by atoms with Crippen LogP contribution in [0.25, 0.3) is 0 Å². The normalized spacial score (nSPS) is 18.9. The molecular weight excluding hydrogens is 540 g/mol. The molecular formula is C30H36N6O4S. The van der Waals surface area contributed by atoms with Crippen molar-refractivity contribution in [2.75, 3.05) is 44.2 Å². The highest BCUT2D eigenvalue weighted by molar-refractivity contribution is 7.89. The van der Waals surface area contributed by atoms with Crippen LogP contribution in [0.15, 0.2) is 84.0 Å². The Bertz CT molecular complexity index is 1450. The van der Waals surface area contributed by atoms with Gasteiger partial charge < -0.3 is 15.4 Å². The number of amidine groups is 1. The Labute approximate surface area is 241 Å². The van der Waals surface area contributed by atoms with Crippen molar-refractivity contribution < 1.29 is 17.9 Å². The number of pyridine rings is 1. The number of nitrogen functional groups attached to an aromatic ring is 1. The summed E-state index contributed by atoms with van der Waals surface area (Å²) in [5.74, 6) is 0.189. The third-order valence-corrected chi connectivity index (χ3v) is 9.46. The Hall–Kier alpha value is -3.80. The first-order chi connectivity index (χ1) is 19.8. The maximum Gasteiger partial charge on any atom is 0.324 e. The number of hydrogen-bond donors (Lipinski definition) is 2. The zero-order chi connectivity index (χ0) is 28.8. The quantitative estimate of drug-likeness (QED) is 0.280. The van der Waals surface area contributed by atoms with Gasteiger partial charge in [0.2, 0.25) is 0 Å². The number of hydrogen-bond acceptors (Lipinski definition) is 6. The second-order valence-corrected chi connectivity index (χ2v) is 12.5. The van der Waals surface area contributed by atoms with Crippen LogP contribution in [0.4, 0.5) is 10.5 Å². The number of anilines is 1. The summed E-state index contributed by atoms with van der Waals surface area (Å²) in [6, 6.07) is 22.0. The number of ether oxygens (including phenoxy) is 1. The second-order valence-electron chi connectivity index (χ2n) is 10.6. The van der Waals surface area contributed by atoms with E-state index in [4.69, 9.17) is 15.9 Å². The summed E-state index contributed by atoms with van der Waals surface area (Å²) < 4.78 is 33.6. The van der Waals surface area contributed by atoms with Crippen LogP contribution in [0, 0.1) is 17.2 Å². The fourth-order valence-electron chi connectivity index (χ4n) is 5.46. The first-order valence-corrected chi connectivity index (χ1v) is 15.3. The minimum atomic E-state index is -3.64. The molecule has 3 aromatic rings. The predicted octanol–water partition coefficient (Wildman–Crippen LogP) is 3.54. The van der Waals surface area contributed by atoms with E-state index in [0.717, 1.165) is 5.56 Å². The predicted molar refractivity (Wildman–Crippen MR) is 157 cm³/mol. The molecule has 3 N–H and O–H groups in total. The molecule has 0 saturated carbocycles. The van der Waals surface area contributed by atoms with E-state index in [1.807, 2.05) is 41.3 Å². The maximum atomic E-state index is 13.7. The molecule has 2 aromatic carbocycles. The van der Waals surface area contributed by atoms with Crippen molar-refractivity contribution in [3.63, 3.8) is 0 Å². The van der Waals surface area contributed by atoms with Gasteiger partial charge in [0, 0.05) is 56.1 Å². The van der Waals surface area contributed by atoms with E-state index in [1.54, 1.807) is 35.2 Å². The van der Waals surface area contributed by atoms with Crippen LogP contribution >= 0.6 is 0 Å². The van der Waals surface area contributed by atoms with Crippen molar-refractivity contribution >= 4 is 27.6 Å². The first-order valence-electron chi connectivity index (χ1n) is 13.8. The molecule has 2 fully saturated rings. The number of piperidine rings is 1. The largest absolute Gasteiger partial charge is 0.384 e. The number of amides is 2. The number of nitrogens with two attached hydrogens (primary N) is 1. The van der Waals surface area contributed by atoms with E-state index in [-0.39, 0.29) is 28.7 Å². The lowest BCUT2D eigenvalue weighted by Crippen LogP contribution is -2.56. The number of urea groups is 1. The Balaban J connectivity index is 1.26. The summed E-state index contributed by atoms with van der Waals surface area (Å²) in [5.41, 5.74) is 8.07. The molecule has 2 saturated heterocycles.